The Morgan fingerprint density at radius 3 is 2.64 bits per heavy atom. The number of carbonyl (C=O) groups excluding carboxylic acids is 1. The molecule has 1 aromatic heterocycles. The van der Waals surface area contributed by atoms with Crippen molar-refractivity contribution in [3.8, 4) is 11.3 Å². The Morgan fingerprint density at radius 2 is 2.05 bits per heavy atom. The van der Waals surface area contributed by atoms with Gasteiger partial charge >= 0.3 is 12.1 Å². The van der Waals surface area contributed by atoms with Crippen molar-refractivity contribution in [3.63, 3.8) is 0 Å². The molecule has 1 heterocycles. The number of ether oxygens (including phenoxy) is 1. The molecule has 0 saturated carbocycles. The predicted octanol–water partition coefficient (Wildman–Crippen LogP) is 5.56. The van der Waals surface area contributed by atoms with Gasteiger partial charge in [-0.25, -0.2) is 4.79 Å². The Hall–Kier alpha value is -1.47. The lowest BCUT2D eigenvalue weighted by atomic mass is 10.1. The molecule has 0 saturated heterocycles. The average molecular weight is 398 g/mol. The van der Waals surface area contributed by atoms with Crippen molar-refractivity contribution >= 4 is 33.5 Å². The summed E-state index contributed by atoms with van der Waals surface area (Å²) in [4.78, 5) is 11.5. The maximum atomic E-state index is 12.9. The van der Waals surface area contributed by atoms with Crippen LogP contribution in [0.3, 0.4) is 0 Å². The van der Waals surface area contributed by atoms with Crippen LogP contribution in [0, 0.1) is 0 Å². The summed E-state index contributed by atoms with van der Waals surface area (Å²) in [7, 11) is 0. The van der Waals surface area contributed by atoms with Gasteiger partial charge in [0.25, 0.3) is 0 Å². The van der Waals surface area contributed by atoms with Crippen LogP contribution in [-0.4, -0.2) is 12.6 Å². The molecule has 118 valence electrons. The highest BCUT2D eigenvalue weighted by Crippen LogP contribution is 2.41. The maximum Gasteiger partial charge on any atom is 0.417 e. The molecular formula is C14H9BrClF3O3. The molecule has 0 aliphatic heterocycles. The maximum absolute atomic E-state index is 12.9. The van der Waals surface area contributed by atoms with Crippen LogP contribution in [0.2, 0.25) is 5.02 Å². The fraction of sp³-hybridized carbons (Fsp3) is 0.214. The van der Waals surface area contributed by atoms with Crippen LogP contribution in [0.1, 0.15) is 23.0 Å². The molecule has 0 radical (unpaired) electrons. The monoisotopic (exact) mass is 396 g/mol. The fourth-order valence-electron chi connectivity index (χ4n) is 1.75. The summed E-state index contributed by atoms with van der Waals surface area (Å²) in [6.07, 6.45) is -4.55. The molecule has 2 rings (SSSR count). The van der Waals surface area contributed by atoms with Crippen molar-refractivity contribution in [1.29, 1.82) is 0 Å². The number of halogens is 5. The Kier molecular flexibility index (Phi) is 4.87. The summed E-state index contributed by atoms with van der Waals surface area (Å²) < 4.78 is 48.6. The molecule has 3 nitrogen and oxygen atoms in total. The number of alkyl halides is 3. The molecule has 8 heteroatoms. The zero-order chi connectivity index (χ0) is 16.5. The summed E-state index contributed by atoms with van der Waals surface area (Å²) in [6, 6.07) is 4.67. The third-order valence-electron chi connectivity index (χ3n) is 2.71. The van der Waals surface area contributed by atoms with E-state index < -0.39 is 17.7 Å². The van der Waals surface area contributed by atoms with Gasteiger partial charge in [-0.3, -0.25) is 0 Å². The van der Waals surface area contributed by atoms with Crippen molar-refractivity contribution in [2.75, 3.05) is 6.61 Å². The molecule has 0 atom stereocenters. The number of furan rings is 1. The first-order valence-corrected chi connectivity index (χ1v) is 7.24. The van der Waals surface area contributed by atoms with Crippen LogP contribution in [0.15, 0.2) is 33.2 Å². The van der Waals surface area contributed by atoms with Crippen LogP contribution < -0.4 is 0 Å². The minimum Gasteiger partial charge on any atom is -0.460 e. The zero-order valence-electron chi connectivity index (χ0n) is 11.1. The fourth-order valence-corrected chi connectivity index (χ4v) is 2.71. The third-order valence-corrected chi connectivity index (χ3v) is 3.68. The second-order valence-corrected chi connectivity index (χ2v) is 5.46. The van der Waals surface area contributed by atoms with E-state index in [-0.39, 0.29) is 33.2 Å². The SMILES string of the molecule is CCOC(=O)c1ccc(-c2cc(C(F)(F)F)c(Br)cc2Cl)o1. The van der Waals surface area contributed by atoms with Crippen LogP contribution in [0.25, 0.3) is 11.3 Å². The average Bonchev–Trinajstić information content (AvgIpc) is 2.87. The lowest BCUT2D eigenvalue weighted by Crippen LogP contribution is -2.06. The highest BCUT2D eigenvalue weighted by Gasteiger charge is 2.34. The van der Waals surface area contributed by atoms with Gasteiger partial charge in [0, 0.05) is 10.0 Å². The van der Waals surface area contributed by atoms with Gasteiger partial charge in [-0.2, -0.15) is 13.2 Å². The molecule has 0 spiro atoms. The van der Waals surface area contributed by atoms with E-state index in [0.29, 0.717) is 0 Å². The molecule has 0 N–H and O–H groups in total. The first-order chi connectivity index (χ1) is 10.2. The molecule has 0 bridgehead atoms. The van der Waals surface area contributed by atoms with E-state index in [1.807, 2.05) is 0 Å². The van der Waals surface area contributed by atoms with Crippen molar-refractivity contribution in [1.82, 2.24) is 0 Å². The molecule has 2 aromatic rings. The highest BCUT2D eigenvalue weighted by molar-refractivity contribution is 9.10. The van der Waals surface area contributed by atoms with Gasteiger partial charge in [0.05, 0.1) is 17.2 Å². The molecule has 0 aliphatic rings. The van der Waals surface area contributed by atoms with Crippen molar-refractivity contribution < 1.29 is 27.1 Å². The zero-order valence-corrected chi connectivity index (χ0v) is 13.5. The van der Waals surface area contributed by atoms with Gasteiger partial charge in [0.15, 0.2) is 0 Å². The lowest BCUT2D eigenvalue weighted by Gasteiger charge is -2.11. The van der Waals surface area contributed by atoms with Crippen LogP contribution in [0.5, 0.6) is 0 Å². The molecule has 22 heavy (non-hydrogen) atoms. The third kappa shape index (κ3) is 3.47. The minimum absolute atomic E-state index is 0.0349. The number of esters is 1. The number of rotatable bonds is 3. The van der Waals surface area contributed by atoms with Crippen molar-refractivity contribution in [2.45, 2.75) is 13.1 Å². The normalized spacial score (nSPS) is 11.5. The van der Waals surface area contributed by atoms with Gasteiger partial charge in [-0.1, -0.05) is 27.5 Å². The topological polar surface area (TPSA) is 39.4 Å². The van der Waals surface area contributed by atoms with E-state index >= 15 is 0 Å². The van der Waals surface area contributed by atoms with E-state index in [9.17, 15) is 18.0 Å². The van der Waals surface area contributed by atoms with Crippen LogP contribution in [-0.2, 0) is 10.9 Å². The smallest absolute Gasteiger partial charge is 0.417 e. The van der Waals surface area contributed by atoms with Gasteiger partial charge in [0.1, 0.15) is 5.76 Å². The Bertz CT molecular complexity index is 710. The highest BCUT2D eigenvalue weighted by atomic mass is 79.9. The van der Waals surface area contributed by atoms with Gasteiger partial charge in [0.2, 0.25) is 5.76 Å². The number of benzene rings is 1. The standard InChI is InChI=1S/C14H9BrClF3O3/c1-2-21-13(20)12-4-3-11(22-12)7-5-8(14(17,18)19)9(15)6-10(7)16/h3-6H,2H2,1H3. The van der Waals surface area contributed by atoms with Crippen molar-refractivity contribution in [3.05, 3.63) is 45.1 Å². The lowest BCUT2D eigenvalue weighted by molar-refractivity contribution is -0.138. The first-order valence-electron chi connectivity index (χ1n) is 6.07. The molecule has 0 fully saturated rings. The van der Waals surface area contributed by atoms with Gasteiger partial charge in [-0.05, 0) is 31.2 Å². The van der Waals surface area contributed by atoms with E-state index in [0.717, 1.165) is 12.1 Å². The molecule has 0 aliphatic carbocycles. The van der Waals surface area contributed by atoms with Crippen LogP contribution in [0.4, 0.5) is 13.2 Å². The molecule has 0 amide bonds. The summed E-state index contributed by atoms with van der Waals surface area (Å²) in [5, 5.41) is 0.0598. The van der Waals surface area contributed by atoms with E-state index in [4.69, 9.17) is 20.8 Å². The minimum atomic E-state index is -4.55. The summed E-state index contributed by atoms with van der Waals surface area (Å²) in [5.74, 6) is -0.756. The summed E-state index contributed by atoms with van der Waals surface area (Å²) in [6.45, 7) is 1.79. The number of carbonyl (C=O) groups is 1. The number of hydrogen-bond donors (Lipinski definition) is 0. The van der Waals surface area contributed by atoms with E-state index in [1.165, 1.54) is 12.1 Å². The second kappa shape index (κ2) is 6.34. The van der Waals surface area contributed by atoms with Crippen LogP contribution >= 0.6 is 27.5 Å². The Morgan fingerprint density at radius 1 is 1.36 bits per heavy atom. The second-order valence-electron chi connectivity index (χ2n) is 4.19. The van der Waals surface area contributed by atoms with E-state index in [1.54, 1.807) is 6.92 Å². The van der Waals surface area contributed by atoms with Gasteiger partial charge in [-0.15, -0.1) is 0 Å². The largest absolute Gasteiger partial charge is 0.460 e. The summed E-state index contributed by atoms with van der Waals surface area (Å²) in [5.41, 5.74) is -0.853. The molecular weight excluding hydrogens is 389 g/mol. The molecule has 0 unspecified atom stereocenters. The van der Waals surface area contributed by atoms with E-state index in [2.05, 4.69) is 15.9 Å². The number of hydrogen-bond acceptors (Lipinski definition) is 3. The first kappa shape index (κ1) is 16.9. The summed E-state index contributed by atoms with van der Waals surface area (Å²) >= 11 is 8.79. The Labute approximate surface area is 137 Å². The van der Waals surface area contributed by atoms with Crippen molar-refractivity contribution in [2.24, 2.45) is 0 Å². The molecule has 1 aromatic carbocycles. The Balaban J connectivity index is 2.47. The predicted molar refractivity (Wildman–Crippen MR) is 77.8 cm³/mol. The quantitative estimate of drug-likeness (QED) is 0.637. The van der Waals surface area contributed by atoms with Gasteiger partial charge < -0.3 is 9.15 Å².